The van der Waals surface area contributed by atoms with Crippen LogP contribution in [0.3, 0.4) is 0 Å². The van der Waals surface area contributed by atoms with Gasteiger partial charge < -0.3 is 10.2 Å². The molecule has 4 heteroatoms. The molecular weight excluding hydrogens is 444 g/mol. The third-order valence-electron chi connectivity index (χ3n) is 6.43. The lowest BCUT2D eigenvalue weighted by Crippen LogP contribution is -2.54. The van der Waals surface area contributed by atoms with E-state index in [0.717, 1.165) is 28.7 Å². The zero-order valence-electron chi connectivity index (χ0n) is 22.4. The Balaban J connectivity index is 1.92. The normalized spacial score (nSPS) is 12.1. The Kier molecular flexibility index (Phi) is 9.46. The van der Waals surface area contributed by atoms with Crippen molar-refractivity contribution in [2.24, 2.45) is 0 Å². The first-order valence-electron chi connectivity index (χ1n) is 12.9. The Labute approximate surface area is 216 Å². The Morgan fingerprint density at radius 2 is 1.44 bits per heavy atom. The molecule has 3 aromatic rings. The van der Waals surface area contributed by atoms with Crippen molar-refractivity contribution in [1.82, 2.24) is 10.2 Å². The van der Waals surface area contributed by atoms with Crippen molar-refractivity contribution in [1.29, 1.82) is 0 Å². The van der Waals surface area contributed by atoms with Gasteiger partial charge in [0.15, 0.2) is 0 Å². The molecule has 0 unspecified atom stereocenters. The second-order valence-electron chi connectivity index (χ2n) is 10.6. The maximum Gasteiger partial charge on any atom is 0.243 e. The summed E-state index contributed by atoms with van der Waals surface area (Å²) in [6.45, 7) is 10.5. The van der Waals surface area contributed by atoms with Crippen LogP contribution in [0.1, 0.15) is 61.9 Å². The molecule has 0 aliphatic heterocycles. The van der Waals surface area contributed by atoms with Gasteiger partial charge in [-0.25, -0.2) is 0 Å². The first-order valence-corrected chi connectivity index (χ1v) is 12.9. The Hall–Kier alpha value is -3.40. The Bertz CT molecular complexity index is 1130. The lowest BCUT2D eigenvalue weighted by Gasteiger charge is -2.34. The fraction of sp³-hybridized carbons (Fsp3) is 0.375. The zero-order chi connectivity index (χ0) is 26.1. The average molecular weight is 485 g/mol. The maximum absolute atomic E-state index is 13.8. The number of carbonyl (C=O) groups is 2. The van der Waals surface area contributed by atoms with Crippen LogP contribution in [0, 0.1) is 6.92 Å². The number of amides is 2. The van der Waals surface area contributed by atoms with Gasteiger partial charge in [-0.05, 0) is 68.4 Å². The van der Waals surface area contributed by atoms with Crippen LogP contribution >= 0.6 is 0 Å². The summed E-state index contributed by atoms with van der Waals surface area (Å²) in [5.41, 5.74) is 5.22. The molecule has 0 saturated carbocycles. The van der Waals surface area contributed by atoms with Crippen LogP contribution in [0.4, 0.5) is 0 Å². The van der Waals surface area contributed by atoms with Gasteiger partial charge in [-0.1, -0.05) is 85.8 Å². The van der Waals surface area contributed by atoms with E-state index in [2.05, 4.69) is 49.5 Å². The van der Waals surface area contributed by atoms with Crippen molar-refractivity contribution in [2.75, 3.05) is 0 Å². The molecule has 0 fully saturated rings. The van der Waals surface area contributed by atoms with Gasteiger partial charge in [-0.2, -0.15) is 0 Å². The highest BCUT2D eigenvalue weighted by Crippen LogP contribution is 2.19. The Morgan fingerprint density at radius 3 is 2.06 bits per heavy atom. The van der Waals surface area contributed by atoms with Gasteiger partial charge >= 0.3 is 0 Å². The lowest BCUT2D eigenvalue weighted by molar-refractivity contribution is -0.141. The van der Waals surface area contributed by atoms with E-state index >= 15 is 0 Å². The minimum Gasteiger partial charge on any atom is -0.350 e. The number of aryl methyl sites for hydroxylation is 3. The van der Waals surface area contributed by atoms with Gasteiger partial charge in [-0.3, -0.25) is 9.59 Å². The summed E-state index contributed by atoms with van der Waals surface area (Å²) in [5, 5.41) is 3.13. The van der Waals surface area contributed by atoms with Crippen molar-refractivity contribution in [3.8, 4) is 0 Å². The number of hydrogen-bond acceptors (Lipinski definition) is 2. The quantitative estimate of drug-likeness (QED) is 0.381. The fourth-order valence-corrected chi connectivity index (χ4v) is 4.31. The summed E-state index contributed by atoms with van der Waals surface area (Å²) in [6, 6.07) is 25.9. The van der Waals surface area contributed by atoms with Crippen LogP contribution in [0.5, 0.6) is 0 Å². The molecule has 0 heterocycles. The highest BCUT2D eigenvalue weighted by Gasteiger charge is 2.32. The number of carbonyl (C=O) groups excluding carboxylic acids is 2. The summed E-state index contributed by atoms with van der Waals surface area (Å²) >= 11 is 0. The first-order chi connectivity index (χ1) is 17.2. The number of rotatable bonds is 10. The molecule has 36 heavy (non-hydrogen) atoms. The highest BCUT2D eigenvalue weighted by molar-refractivity contribution is 5.88. The summed E-state index contributed by atoms with van der Waals surface area (Å²) in [7, 11) is 0. The van der Waals surface area contributed by atoms with Crippen LogP contribution < -0.4 is 5.32 Å². The van der Waals surface area contributed by atoms with E-state index in [-0.39, 0.29) is 11.8 Å². The highest BCUT2D eigenvalue weighted by atomic mass is 16.2. The molecule has 0 bridgehead atoms. The van der Waals surface area contributed by atoms with Gasteiger partial charge in [0.05, 0.1) is 0 Å². The minimum absolute atomic E-state index is 0.0113. The number of nitrogens with one attached hydrogen (secondary N) is 1. The molecule has 3 rings (SSSR count). The minimum atomic E-state index is -0.610. The standard InChI is InChI=1S/C32H40N2O2/c1-6-25-16-18-26(19-17-25)20-21-30(35)34(23-28-15-11-10-12-24(28)2)29(31(36)33-32(3,4)5)22-27-13-8-7-9-14-27/h7-19,29H,6,20-23H2,1-5H3,(H,33,36)/t29-/m1/s1. The zero-order valence-corrected chi connectivity index (χ0v) is 22.4. The molecule has 190 valence electrons. The van der Waals surface area contributed by atoms with E-state index in [0.29, 0.717) is 25.8 Å². The molecule has 0 aliphatic carbocycles. The predicted molar refractivity (Wildman–Crippen MR) is 148 cm³/mol. The average Bonchev–Trinajstić information content (AvgIpc) is 2.85. The molecular formula is C32H40N2O2. The Morgan fingerprint density at radius 1 is 0.833 bits per heavy atom. The van der Waals surface area contributed by atoms with Crippen LogP contribution in [0.2, 0.25) is 0 Å². The second-order valence-corrected chi connectivity index (χ2v) is 10.6. The van der Waals surface area contributed by atoms with Gasteiger partial charge in [0.1, 0.15) is 6.04 Å². The molecule has 0 aromatic heterocycles. The van der Waals surface area contributed by atoms with Crippen molar-refractivity contribution in [3.63, 3.8) is 0 Å². The molecule has 1 N–H and O–H groups in total. The fourth-order valence-electron chi connectivity index (χ4n) is 4.31. The molecule has 3 aromatic carbocycles. The van der Waals surface area contributed by atoms with Crippen molar-refractivity contribution < 1.29 is 9.59 Å². The van der Waals surface area contributed by atoms with E-state index in [1.54, 1.807) is 4.90 Å². The third-order valence-corrected chi connectivity index (χ3v) is 6.43. The van der Waals surface area contributed by atoms with Gasteiger partial charge in [-0.15, -0.1) is 0 Å². The van der Waals surface area contributed by atoms with Crippen LogP contribution in [-0.4, -0.2) is 28.3 Å². The molecule has 0 saturated heterocycles. The SMILES string of the molecule is CCc1ccc(CCC(=O)N(Cc2ccccc2C)[C@H](Cc2ccccc2)C(=O)NC(C)(C)C)cc1. The van der Waals surface area contributed by atoms with Crippen LogP contribution in [-0.2, 0) is 35.4 Å². The van der Waals surface area contributed by atoms with E-state index < -0.39 is 11.6 Å². The number of benzene rings is 3. The summed E-state index contributed by atoms with van der Waals surface area (Å²) in [4.78, 5) is 29.2. The van der Waals surface area contributed by atoms with E-state index in [4.69, 9.17) is 0 Å². The molecule has 2 amide bonds. The van der Waals surface area contributed by atoms with E-state index in [1.165, 1.54) is 5.56 Å². The summed E-state index contributed by atoms with van der Waals surface area (Å²) in [6.07, 6.45) is 2.45. The largest absolute Gasteiger partial charge is 0.350 e. The molecule has 1 atom stereocenters. The summed E-state index contributed by atoms with van der Waals surface area (Å²) in [5.74, 6) is -0.136. The molecule has 4 nitrogen and oxygen atoms in total. The van der Waals surface area contributed by atoms with E-state index in [1.807, 2.05) is 69.3 Å². The number of nitrogens with zero attached hydrogens (tertiary/aromatic N) is 1. The van der Waals surface area contributed by atoms with Crippen molar-refractivity contribution in [3.05, 3.63) is 107 Å². The molecule has 0 spiro atoms. The summed E-state index contributed by atoms with van der Waals surface area (Å²) < 4.78 is 0. The monoisotopic (exact) mass is 484 g/mol. The van der Waals surface area contributed by atoms with Crippen LogP contribution in [0.15, 0.2) is 78.9 Å². The first kappa shape index (κ1) is 27.2. The lowest BCUT2D eigenvalue weighted by atomic mass is 9.99. The molecule has 0 radical (unpaired) electrons. The van der Waals surface area contributed by atoms with Gasteiger partial charge in [0.2, 0.25) is 11.8 Å². The maximum atomic E-state index is 13.8. The van der Waals surface area contributed by atoms with Crippen molar-refractivity contribution in [2.45, 2.75) is 78.4 Å². The smallest absolute Gasteiger partial charge is 0.243 e. The number of hydrogen-bond donors (Lipinski definition) is 1. The third kappa shape index (κ3) is 8.08. The van der Waals surface area contributed by atoms with Crippen molar-refractivity contribution >= 4 is 11.8 Å². The second kappa shape index (κ2) is 12.5. The van der Waals surface area contributed by atoms with E-state index in [9.17, 15) is 9.59 Å². The van der Waals surface area contributed by atoms with Gasteiger partial charge in [0, 0.05) is 24.9 Å². The predicted octanol–water partition coefficient (Wildman–Crippen LogP) is 6.04. The van der Waals surface area contributed by atoms with Crippen LogP contribution in [0.25, 0.3) is 0 Å². The van der Waals surface area contributed by atoms with Gasteiger partial charge in [0.25, 0.3) is 0 Å². The topological polar surface area (TPSA) is 49.4 Å². The molecule has 0 aliphatic rings.